The molecule has 0 heterocycles. The van der Waals surface area contributed by atoms with Gasteiger partial charge in [0.2, 0.25) is 5.91 Å². The summed E-state index contributed by atoms with van der Waals surface area (Å²) in [5.74, 6) is 0.150. The van der Waals surface area contributed by atoms with Gasteiger partial charge >= 0.3 is 0 Å². The Bertz CT molecular complexity index is 757. The molecule has 0 saturated heterocycles. The minimum atomic E-state index is -0.0901. The molecule has 0 radical (unpaired) electrons. The van der Waals surface area contributed by atoms with Gasteiger partial charge in [-0.15, -0.1) is 11.8 Å². The van der Waals surface area contributed by atoms with Crippen molar-refractivity contribution in [2.24, 2.45) is 0 Å². The molecule has 4 nitrogen and oxygen atoms in total. The van der Waals surface area contributed by atoms with Crippen LogP contribution in [0.2, 0.25) is 0 Å². The van der Waals surface area contributed by atoms with E-state index >= 15 is 0 Å². The van der Waals surface area contributed by atoms with Crippen molar-refractivity contribution in [1.29, 1.82) is 0 Å². The summed E-state index contributed by atoms with van der Waals surface area (Å²) in [6.07, 6.45) is 0. The van der Waals surface area contributed by atoms with Crippen molar-refractivity contribution in [1.82, 2.24) is 4.90 Å². The lowest BCUT2D eigenvalue weighted by Crippen LogP contribution is -2.22. The number of carbonyl (C=O) groups excluding carboxylic acids is 2. The first-order valence-corrected chi connectivity index (χ1v) is 8.67. The molecule has 0 spiro atoms. The van der Waals surface area contributed by atoms with E-state index in [0.717, 1.165) is 4.90 Å². The highest BCUT2D eigenvalue weighted by Gasteiger charge is 2.10. The van der Waals surface area contributed by atoms with Crippen molar-refractivity contribution in [3.8, 4) is 0 Å². The lowest BCUT2D eigenvalue weighted by atomic mass is 10.1. The smallest absolute Gasteiger partial charge is 0.253 e. The molecule has 126 valence electrons. The van der Waals surface area contributed by atoms with Gasteiger partial charge in [0.15, 0.2) is 0 Å². The highest BCUT2D eigenvalue weighted by molar-refractivity contribution is 8.00. The molecule has 2 rings (SSSR count). The molecule has 0 saturated carbocycles. The number of aryl methyl sites for hydroxylation is 2. The Labute approximate surface area is 147 Å². The van der Waals surface area contributed by atoms with E-state index in [1.165, 1.54) is 27.8 Å². The van der Waals surface area contributed by atoms with E-state index in [2.05, 4.69) is 31.3 Å². The number of benzene rings is 2. The van der Waals surface area contributed by atoms with Gasteiger partial charge in [0.25, 0.3) is 5.91 Å². The summed E-state index contributed by atoms with van der Waals surface area (Å²) in [6.45, 7) is 4.13. The fraction of sp³-hybridized carbons (Fsp3) is 0.263. The first-order chi connectivity index (χ1) is 11.4. The zero-order valence-corrected chi connectivity index (χ0v) is 15.2. The van der Waals surface area contributed by atoms with Crippen LogP contribution in [-0.4, -0.2) is 36.6 Å². The maximum absolute atomic E-state index is 12.1. The van der Waals surface area contributed by atoms with Crippen LogP contribution >= 0.6 is 11.8 Å². The fourth-order valence-electron chi connectivity index (χ4n) is 2.14. The largest absolute Gasteiger partial charge is 0.345 e. The maximum atomic E-state index is 12.1. The Kier molecular flexibility index (Phi) is 6.04. The summed E-state index contributed by atoms with van der Waals surface area (Å²) in [5, 5.41) is 2.84. The van der Waals surface area contributed by atoms with Gasteiger partial charge in [-0.25, -0.2) is 0 Å². The standard InChI is InChI=1S/C19H22N2O2S/c1-13-8-9-17(10-14(13)2)24-12-18(22)20-16-7-5-6-15(11-16)19(23)21(3)4/h5-11H,12H2,1-4H3,(H,20,22). The summed E-state index contributed by atoms with van der Waals surface area (Å²) in [5.41, 5.74) is 3.65. The van der Waals surface area contributed by atoms with Crippen LogP contribution in [-0.2, 0) is 4.79 Å². The Morgan fingerprint density at radius 2 is 1.79 bits per heavy atom. The van der Waals surface area contributed by atoms with Crippen LogP contribution < -0.4 is 5.32 Å². The molecule has 0 aromatic heterocycles. The zero-order valence-electron chi connectivity index (χ0n) is 14.4. The highest BCUT2D eigenvalue weighted by atomic mass is 32.2. The van der Waals surface area contributed by atoms with Crippen molar-refractivity contribution < 1.29 is 9.59 Å². The predicted molar refractivity (Wildman–Crippen MR) is 99.7 cm³/mol. The first-order valence-electron chi connectivity index (χ1n) is 7.68. The summed E-state index contributed by atoms with van der Waals surface area (Å²) < 4.78 is 0. The van der Waals surface area contributed by atoms with E-state index < -0.39 is 0 Å². The zero-order chi connectivity index (χ0) is 17.7. The molecule has 0 fully saturated rings. The van der Waals surface area contributed by atoms with E-state index in [9.17, 15) is 9.59 Å². The van der Waals surface area contributed by atoms with Gasteiger partial charge in [0, 0.05) is 30.2 Å². The molecule has 2 aromatic carbocycles. The van der Waals surface area contributed by atoms with Crippen molar-refractivity contribution in [2.45, 2.75) is 18.7 Å². The molecule has 2 amide bonds. The van der Waals surface area contributed by atoms with Crippen LogP contribution in [0, 0.1) is 13.8 Å². The quantitative estimate of drug-likeness (QED) is 0.842. The highest BCUT2D eigenvalue weighted by Crippen LogP contribution is 2.21. The lowest BCUT2D eigenvalue weighted by molar-refractivity contribution is -0.113. The van der Waals surface area contributed by atoms with Gasteiger partial charge in [-0.2, -0.15) is 0 Å². The lowest BCUT2D eigenvalue weighted by Gasteiger charge is -2.11. The van der Waals surface area contributed by atoms with Gasteiger partial charge in [-0.1, -0.05) is 12.1 Å². The van der Waals surface area contributed by atoms with Crippen molar-refractivity contribution in [2.75, 3.05) is 25.2 Å². The molecule has 2 aromatic rings. The van der Waals surface area contributed by atoms with Crippen molar-refractivity contribution in [3.63, 3.8) is 0 Å². The number of rotatable bonds is 5. The maximum Gasteiger partial charge on any atom is 0.253 e. The Balaban J connectivity index is 1.96. The third kappa shape index (κ3) is 4.86. The third-order valence-electron chi connectivity index (χ3n) is 3.65. The van der Waals surface area contributed by atoms with Crippen molar-refractivity contribution >= 4 is 29.3 Å². The van der Waals surface area contributed by atoms with E-state index in [0.29, 0.717) is 17.0 Å². The van der Waals surface area contributed by atoms with E-state index in [-0.39, 0.29) is 11.8 Å². The molecule has 0 bridgehead atoms. The van der Waals surface area contributed by atoms with Crippen LogP contribution in [0.4, 0.5) is 5.69 Å². The van der Waals surface area contributed by atoms with Gasteiger partial charge in [-0.05, 0) is 55.3 Å². The summed E-state index contributed by atoms with van der Waals surface area (Å²) in [7, 11) is 3.40. The van der Waals surface area contributed by atoms with Crippen LogP contribution in [0.3, 0.4) is 0 Å². The van der Waals surface area contributed by atoms with Gasteiger partial charge in [-0.3, -0.25) is 9.59 Å². The number of nitrogens with one attached hydrogen (secondary N) is 1. The van der Waals surface area contributed by atoms with Gasteiger partial charge < -0.3 is 10.2 Å². The SMILES string of the molecule is Cc1ccc(SCC(=O)Nc2cccc(C(=O)N(C)C)c2)cc1C. The monoisotopic (exact) mass is 342 g/mol. The molecule has 0 atom stereocenters. The summed E-state index contributed by atoms with van der Waals surface area (Å²) in [4.78, 5) is 26.7. The third-order valence-corrected chi connectivity index (χ3v) is 4.64. The first kappa shape index (κ1) is 18.1. The Hall–Kier alpha value is -2.27. The van der Waals surface area contributed by atoms with Crippen LogP contribution in [0.25, 0.3) is 0 Å². The molecule has 0 aliphatic rings. The van der Waals surface area contributed by atoms with E-state index in [4.69, 9.17) is 0 Å². The van der Waals surface area contributed by atoms with E-state index in [1.807, 2.05) is 6.07 Å². The number of carbonyl (C=O) groups is 2. The number of amides is 2. The Morgan fingerprint density at radius 1 is 1.04 bits per heavy atom. The average Bonchev–Trinajstić information content (AvgIpc) is 2.55. The van der Waals surface area contributed by atoms with E-state index in [1.54, 1.807) is 38.4 Å². The van der Waals surface area contributed by atoms with Gasteiger partial charge in [0.1, 0.15) is 0 Å². The topological polar surface area (TPSA) is 49.4 Å². The normalized spacial score (nSPS) is 10.3. The second-order valence-electron chi connectivity index (χ2n) is 5.86. The second kappa shape index (κ2) is 8.02. The minimum absolute atomic E-state index is 0.0874. The van der Waals surface area contributed by atoms with Crippen molar-refractivity contribution in [3.05, 3.63) is 59.2 Å². The molecule has 0 aliphatic carbocycles. The molecule has 0 aliphatic heterocycles. The minimum Gasteiger partial charge on any atom is -0.345 e. The molecule has 24 heavy (non-hydrogen) atoms. The predicted octanol–water partition coefficient (Wildman–Crippen LogP) is 3.74. The number of nitrogens with zero attached hydrogens (tertiary/aromatic N) is 1. The fourth-order valence-corrected chi connectivity index (χ4v) is 2.93. The van der Waals surface area contributed by atoms with Gasteiger partial charge in [0.05, 0.1) is 5.75 Å². The number of anilines is 1. The number of thioether (sulfide) groups is 1. The molecular formula is C19H22N2O2S. The van der Waals surface area contributed by atoms with Crippen LogP contribution in [0.15, 0.2) is 47.4 Å². The average molecular weight is 342 g/mol. The number of hydrogen-bond donors (Lipinski definition) is 1. The Morgan fingerprint density at radius 3 is 2.46 bits per heavy atom. The second-order valence-corrected chi connectivity index (χ2v) is 6.91. The van der Waals surface area contributed by atoms with Crippen LogP contribution in [0.1, 0.15) is 21.5 Å². The molecule has 1 N–H and O–H groups in total. The molecular weight excluding hydrogens is 320 g/mol. The summed E-state index contributed by atoms with van der Waals surface area (Å²) in [6, 6.07) is 13.2. The molecule has 5 heteroatoms. The number of hydrogen-bond acceptors (Lipinski definition) is 3. The molecule has 0 unspecified atom stereocenters. The summed E-state index contributed by atoms with van der Waals surface area (Å²) >= 11 is 1.50. The van der Waals surface area contributed by atoms with Crippen LogP contribution in [0.5, 0.6) is 0 Å².